The minimum atomic E-state index is -3.50. The Bertz CT molecular complexity index is 896. The van der Waals surface area contributed by atoms with Crippen LogP contribution >= 0.6 is 0 Å². The second-order valence-electron chi connectivity index (χ2n) is 6.93. The van der Waals surface area contributed by atoms with E-state index in [0.717, 1.165) is 23.1 Å². The number of anilines is 2. The molecule has 0 fully saturated rings. The van der Waals surface area contributed by atoms with Gasteiger partial charge in [0.1, 0.15) is 0 Å². The fraction of sp³-hybridized carbons (Fsp3) is 0.381. The summed E-state index contributed by atoms with van der Waals surface area (Å²) in [6, 6.07) is 11.6. The zero-order chi connectivity index (χ0) is 20.2. The van der Waals surface area contributed by atoms with E-state index in [1.165, 1.54) is 16.1 Å². The van der Waals surface area contributed by atoms with Gasteiger partial charge in [-0.15, -0.1) is 0 Å². The maximum atomic E-state index is 12.4. The van der Waals surface area contributed by atoms with Crippen molar-refractivity contribution in [3.8, 4) is 0 Å². The lowest BCUT2D eigenvalue weighted by Gasteiger charge is -2.26. The minimum absolute atomic E-state index is 0.0787. The Labute approximate surface area is 162 Å². The van der Waals surface area contributed by atoms with Crippen LogP contribution < -0.4 is 9.62 Å². The average Bonchev–Trinajstić information content (AvgIpc) is 2.56. The Kier molecular flexibility index (Phi) is 6.65. The summed E-state index contributed by atoms with van der Waals surface area (Å²) in [4.78, 5) is 12.3. The van der Waals surface area contributed by atoms with Crippen molar-refractivity contribution in [1.82, 2.24) is 0 Å². The van der Waals surface area contributed by atoms with E-state index < -0.39 is 10.0 Å². The summed E-state index contributed by atoms with van der Waals surface area (Å²) in [7, 11) is -3.50. The maximum Gasteiger partial charge on any atom is 0.232 e. The molecule has 6 heteroatoms. The monoisotopic (exact) mass is 388 g/mol. The smallest absolute Gasteiger partial charge is 0.232 e. The second kappa shape index (κ2) is 8.57. The third kappa shape index (κ3) is 5.57. The highest BCUT2D eigenvalue weighted by molar-refractivity contribution is 7.92. The molecule has 0 saturated heterocycles. The number of hydrogen-bond donors (Lipinski definition) is 1. The molecule has 2 aromatic carbocycles. The highest BCUT2D eigenvalue weighted by Gasteiger charge is 2.22. The number of rotatable bonds is 7. The lowest BCUT2D eigenvalue weighted by atomic mass is 10.1. The van der Waals surface area contributed by atoms with E-state index in [9.17, 15) is 13.2 Å². The van der Waals surface area contributed by atoms with Crippen molar-refractivity contribution in [2.24, 2.45) is 0 Å². The van der Waals surface area contributed by atoms with E-state index in [0.29, 0.717) is 11.4 Å². The summed E-state index contributed by atoms with van der Waals surface area (Å²) >= 11 is 0. The SMILES string of the molecule is CCc1ccc(NC(=O)CCN(c2c(C)cc(C)cc2C)S(C)(=O)=O)cc1. The van der Waals surface area contributed by atoms with Crippen LogP contribution in [0.1, 0.15) is 35.6 Å². The van der Waals surface area contributed by atoms with Crippen molar-refractivity contribution in [2.75, 3.05) is 22.4 Å². The molecule has 0 spiro atoms. The van der Waals surface area contributed by atoms with Gasteiger partial charge < -0.3 is 5.32 Å². The molecular weight excluding hydrogens is 360 g/mol. The van der Waals surface area contributed by atoms with Crippen LogP contribution in [0.15, 0.2) is 36.4 Å². The summed E-state index contributed by atoms with van der Waals surface area (Å²) in [5.41, 5.74) is 5.41. The van der Waals surface area contributed by atoms with Crippen LogP contribution in [0.2, 0.25) is 0 Å². The number of nitrogens with one attached hydrogen (secondary N) is 1. The van der Waals surface area contributed by atoms with E-state index in [2.05, 4.69) is 12.2 Å². The molecule has 2 rings (SSSR count). The van der Waals surface area contributed by atoms with Crippen molar-refractivity contribution in [2.45, 2.75) is 40.5 Å². The number of amides is 1. The predicted octanol–water partition coefficient (Wildman–Crippen LogP) is 3.97. The molecule has 0 saturated carbocycles. The Morgan fingerprint density at radius 3 is 2.07 bits per heavy atom. The van der Waals surface area contributed by atoms with Gasteiger partial charge in [-0.3, -0.25) is 9.10 Å². The molecule has 0 aromatic heterocycles. The average molecular weight is 389 g/mol. The van der Waals surface area contributed by atoms with E-state index in [-0.39, 0.29) is 18.9 Å². The molecule has 146 valence electrons. The number of nitrogens with zero attached hydrogens (tertiary/aromatic N) is 1. The molecule has 0 bridgehead atoms. The van der Waals surface area contributed by atoms with Crippen molar-refractivity contribution < 1.29 is 13.2 Å². The van der Waals surface area contributed by atoms with Gasteiger partial charge in [-0.05, 0) is 56.0 Å². The summed E-state index contributed by atoms with van der Waals surface area (Å²) in [5.74, 6) is -0.213. The van der Waals surface area contributed by atoms with E-state index in [4.69, 9.17) is 0 Å². The first-order valence-corrected chi connectivity index (χ1v) is 10.9. The van der Waals surface area contributed by atoms with Crippen LogP contribution in [0, 0.1) is 20.8 Å². The third-order valence-corrected chi connectivity index (χ3v) is 5.64. The van der Waals surface area contributed by atoms with Gasteiger partial charge in [0.25, 0.3) is 0 Å². The molecule has 1 N–H and O–H groups in total. The van der Waals surface area contributed by atoms with Gasteiger partial charge in [0.05, 0.1) is 11.9 Å². The van der Waals surface area contributed by atoms with Crippen LogP contribution in [-0.2, 0) is 21.2 Å². The molecule has 27 heavy (non-hydrogen) atoms. The van der Waals surface area contributed by atoms with Gasteiger partial charge in [-0.1, -0.05) is 36.8 Å². The van der Waals surface area contributed by atoms with Crippen molar-refractivity contribution in [3.63, 3.8) is 0 Å². The van der Waals surface area contributed by atoms with Gasteiger partial charge in [-0.2, -0.15) is 0 Å². The largest absolute Gasteiger partial charge is 0.326 e. The van der Waals surface area contributed by atoms with Crippen molar-refractivity contribution >= 4 is 27.3 Å². The molecule has 1 amide bonds. The Morgan fingerprint density at radius 1 is 1.04 bits per heavy atom. The van der Waals surface area contributed by atoms with Gasteiger partial charge in [-0.25, -0.2) is 8.42 Å². The summed E-state index contributed by atoms with van der Waals surface area (Å²) in [5, 5.41) is 2.83. The highest BCUT2D eigenvalue weighted by atomic mass is 32.2. The fourth-order valence-corrected chi connectivity index (χ4v) is 4.30. The molecule has 0 radical (unpaired) electrons. The van der Waals surface area contributed by atoms with Crippen LogP contribution in [0.25, 0.3) is 0 Å². The fourth-order valence-electron chi connectivity index (χ4n) is 3.26. The summed E-state index contributed by atoms with van der Waals surface area (Å²) in [6.07, 6.45) is 2.19. The molecule has 2 aromatic rings. The van der Waals surface area contributed by atoms with Gasteiger partial charge in [0, 0.05) is 18.7 Å². The molecule has 5 nitrogen and oxygen atoms in total. The molecule has 0 atom stereocenters. The quantitative estimate of drug-likeness (QED) is 0.780. The standard InChI is InChI=1S/C21H28N2O3S/c1-6-18-7-9-19(10-8-18)22-20(24)11-12-23(27(5,25)26)21-16(3)13-15(2)14-17(21)4/h7-10,13-14H,6,11-12H2,1-5H3,(H,22,24). The third-order valence-electron chi connectivity index (χ3n) is 4.47. The molecule has 0 heterocycles. The Hall–Kier alpha value is -2.34. The zero-order valence-electron chi connectivity index (χ0n) is 16.7. The lowest BCUT2D eigenvalue weighted by Crippen LogP contribution is -2.34. The lowest BCUT2D eigenvalue weighted by molar-refractivity contribution is -0.116. The number of hydrogen-bond acceptors (Lipinski definition) is 3. The molecule has 0 aliphatic rings. The number of carbonyl (C=O) groups excluding carboxylic acids is 1. The molecular formula is C21H28N2O3S. The molecule has 0 aliphatic heterocycles. The minimum Gasteiger partial charge on any atom is -0.326 e. The zero-order valence-corrected chi connectivity index (χ0v) is 17.5. The first-order chi connectivity index (χ1) is 12.6. The Balaban J connectivity index is 2.14. The van der Waals surface area contributed by atoms with Crippen molar-refractivity contribution in [3.05, 3.63) is 58.7 Å². The normalized spacial score (nSPS) is 11.3. The number of sulfonamides is 1. The first-order valence-electron chi connectivity index (χ1n) is 9.06. The summed E-state index contributed by atoms with van der Waals surface area (Å²) < 4.78 is 26.0. The van der Waals surface area contributed by atoms with Gasteiger partial charge in [0.15, 0.2) is 0 Å². The van der Waals surface area contributed by atoms with Crippen LogP contribution in [-0.4, -0.2) is 27.1 Å². The topological polar surface area (TPSA) is 66.5 Å². The Morgan fingerprint density at radius 2 is 1.59 bits per heavy atom. The predicted molar refractivity (Wildman–Crippen MR) is 112 cm³/mol. The number of aryl methyl sites for hydroxylation is 4. The van der Waals surface area contributed by atoms with E-state index in [1.54, 1.807) is 0 Å². The van der Waals surface area contributed by atoms with E-state index in [1.807, 2.05) is 57.2 Å². The second-order valence-corrected chi connectivity index (χ2v) is 8.84. The molecule has 0 aliphatic carbocycles. The van der Waals surface area contributed by atoms with Gasteiger partial charge in [0.2, 0.25) is 15.9 Å². The first kappa shape index (κ1) is 21.0. The number of benzene rings is 2. The summed E-state index contributed by atoms with van der Waals surface area (Å²) in [6.45, 7) is 7.93. The van der Waals surface area contributed by atoms with Crippen molar-refractivity contribution in [1.29, 1.82) is 0 Å². The highest BCUT2D eigenvalue weighted by Crippen LogP contribution is 2.28. The number of carbonyl (C=O) groups is 1. The van der Waals surface area contributed by atoms with Crippen LogP contribution in [0.5, 0.6) is 0 Å². The maximum absolute atomic E-state index is 12.4. The van der Waals surface area contributed by atoms with Crippen LogP contribution in [0.3, 0.4) is 0 Å². The molecule has 0 unspecified atom stereocenters. The van der Waals surface area contributed by atoms with Crippen LogP contribution in [0.4, 0.5) is 11.4 Å². The van der Waals surface area contributed by atoms with Gasteiger partial charge >= 0.3 is 0 Å². The van der Waals surface area contributed by atoms with E-state index >= 15 is 0 Å².